The van der Waals surface area contributed by atoms with Crippen LogP contribution in [0, 0.1) is 11.7 Å². The van der Waals surface area contributed by atoms with Crippen LogP contribution in [-0.2, 0) is 19.0 Å². The zero-order chi connectivity index (χ0) is 21.8. The molecule has 1 aromatic carbocycles. The molecule has 31 heavy (non-hydrogen) atoms. The van der Waals surface area contributed by atoms with E-state index >= 15 is 0 Å². The fraction of sp³-hybridized carbons (Fsp3) is 0.417. The van der Waals surface area contributed by atoms with E-state index in [9.17, 15) is 14.0 Å². The van der Waals surface area contributed by atoms with E-state index in [1.54, 1.807) is 12.1 Å². The van der Waals surface area contributed by atoms with Gasteiger partial charge in [-0.2, -0.15) is 0 Å². The molecule has 7 heteroatoms. The number of allylic oxidation sites excluding steroid dienone is 1. The van der Waals surface area contributed by atoms with E-state index < -0.39 is 5.97 Å². The van der Waals surface area contributed by atoms with Crippen molar-refractivity contribution in [2.24, 2.45) is 5.92 Å². The molecule has 2 saturated heterocycles. The topological polar surface area (TPSA) is 80.9 Å². The average Bonchev–Trinajstić information content (AvgIpc) is 3.08. The van der Waals surface area contributed by atoms with E-state index in [1.165, 1.54) is 12.1 Å². The van der Waals surface area contributed by atoms with E-state index in [1.807, 2.05) is 6.92 Å². The Morgan fingerprint density at radius 2 is 2.23 bits per heavy atom. The van der Waals surface area contributed by atoms with Crippen LogP contribution in [0.15, 0.2) is 48.1 Å². The van der Waals surface area contributed by atoms with Crippen LogP contribution >= 0.6 is 0 Å². The Morgan fingerprint density at radius 3 is 3.06 bits per heavy atom. The third-order valence-electron chi connectivity index (χ3n) is 6.63. The molecule has 0 radical (unpaired) electrons. The molecule has 6 nitrogen and oxygen atoms in total. The van der Waals surface area contributed by atoms with Gasteiger partial charge in [-0.15, -0.1) is 0 Å². The fourth-order valence-corrected chi connectivity index (χ4v) is 4.70. The number of hydrogen-bond donors (Lipinski definition) is 1. The highest BCUT2D eigenvalue weighted by Crippen LogP contribution is 2.49. The molecule has 5 rings (SSSR count). The number of esters is 2. The van der Waals surface area contributed by atoms with Crippen LogP contribution in [0.1, 0.15) is 43.1 Å². The quantitative estimate of drug-likeness (QED) is 0.345. The summed E-state index contributed by atoms with van der Waals surface area (Å²) in [6.07, 6.45) is 4.66. The molecule has 0 bridgehead atoms. The first-order chi connectivity index (χ1) is 14.8. The summed E-state index contributed by atoms with van der Waals surface area (Å²) in [5, 5.41) is 0.618. The van der Waals surface area contributed by atoms with E-state index in [4.69, 9.17) is 14.2 Å². The van der Waals surface area contributed by atoms with Crippen molar-refractivity contribution in [1.29, 1.82) is 0 Å². The Morgan fingerprint density at radius 1 is 1.39 bits per heavy atom. The minimum Gasteiger partial charge on any atom is -0.457 e. The molecule has 3 aliphatic rings. The number of nitrogens with one attached hydrogen (secondary N) is 1. The van der Waals surface area contributed by atoms with Crippen LogP contribution in [0.2, 0.25) is 0 Å². The number of halogens is 1. The number of H-pyrrole nitrogens is 1. The lowest BCUT2D eigenvalue weighted by Gasteiger charge is -2.20. The predicted octanol–water partition coefficient (Wildman–Crippen LogP) is 4.22. The molecule has 1 aliphatic carbocycles. The summed E-state index contributed by atoms with van der Waals surface area (Å²) in [5.74, 6) is -1.30. The van der Waals surface area contributed by atoms with Crippen molar-refractivity contribution in [1.82, 2.24) is 4.98 Å². The summed E-state index contributed by atoms with van der Waals surface area (Å²) in [6, 6.07) is 5.89. The molecular weight excluding hydrogens is 401 g/mol. The SMILES string of the molecule is C=C1C(=O)O[C@H]2[C@H]1CC/C(COC(=O)c1cc3cc(F)ccc3[nH]1)=C\CC[C@@]1(C)O[C@@H]21. The Labute approximate surface area is 179 Å². The van der Waals surface area contributed by atoms with Crippen LogP contribution < -0.4 is 0 Å². The molecule has 2 fully saturated rings. The van der Waals surface area contributed by atoms with E-state index in [2.05, 4.69) is 17.6 Å². The normalized spacial score (nSPS) is 31.9. The largest absolute Gasteiger partial charge is 0.457 e. The highest BCUT2D eigenvalue weighted by atomic mass is 19.1. The van der Waals surface area contributed by atoms with Crippen LogP contribution in [0.25, 0.3) is 10.9 Å². The number of rotatable bonds is 3. The lowest BCUT2D eigenvalue weighted by Crippen LogP contribution is -2.29. The van der Waals surface area contributed by atoms with Crippen LogP contribution in [0.5, 0.6) is 0 Å². The monoisotopic (exact) mass is 425 g/mol. The van der Waals surface area contributed by atoms with Gasteiger partial charge in [-0.3, -0.25) is 0 Å². The highest BCUT2D eigenvalue weighted by Gasteiger charge is 2.61. The highest BCUT2D eigenvalue weighted by molar-refractivity contribution is 5.94. The van der Waals surface area contributed by atoms with Gasteiger partial charge in [0.05, 0.1) is 5.60 Å². The van der Waals surface area contributed by atoms with Crippen molar-refractivity contribution in [3.63, 3.8) is 0 Å². The van der Waals surface area contributed by atoms with Gasteiger partial charge in [-0.1, -0.05) is 12.7 Å². The zero-order valence-corrected chi connectivity index (χ0v) is 17.3. The van der Waals surface area contributed by atoms with Crippen molar-refractivity contribution in [3.8, 4) is 0 Å². The van der Waals surface area contributed by atoms with Gasteiger partial charge in [0, 0.05) is 22.4 Å². The third kappa shape index (κ3) is 3.67. The third-order valence-corrected chi connectivity index (χ3v) is 6.63. The number of carbonyl (C=O) groups is 2. The maximum atomic E-state index is 13.4. The number of ether oxygens (including phenoxy) is 3. The molecule has 2 aliphatic heterocycles. The van der Waals surface area contributed by atoms with Crippen molar-refractivity contribution < 1.29 is 28.2 Å². The standard InChI is InChI=1S/C24H24FNO5/c1-13-17-7-5-14(4-3-9-24(2)21(31-24)20(17)30-22(13)27)12-29-23(28)19-11-15-10-16(25)6-8-18(15)26-19/h4,6,8,10-11,17,20-21,26H,1,3,5,7,9,12H2,2H3/b14-4+/t17-,20-,21-,24+/m0/s1. The molecule has 1 aromatic heterocycles. The Hall–Kier alpha value is -2.93. The molecule has 0 spiro atoms. The molecule has 162 valence electrons. The number of epoxide rings is 1. The van der Waals surface area contributed by atoms with Crippen molar-refractivity contribution >= 4 is 22.8 Å². The smallest absolute Gasteiger partial charge is 0.355 e. The van der Waals surface area contributed by atoms with Gasteiger partial charge in [0.2, 0.25) is 0 Å². The van der Waals surface area contributed by atoms with Gasteiger partial charge in [0.15, 0.2) is 0 Å². The van der Waals surface area contributed by atoms with E-state index in [0.29, 0.717) is 29.3 Å². The molecule has 0 saturated carbocycles. The number of aromatic nitrogens is 1. The lowest BCUT2D eigenvalue weighted by atomic mass is 9.84. The van der Waals surface area contributed by atoms with Crippen LogP contribution in [0.3, 0.4) is 0 Å². The first-order valence-corrected chi connectivity index (χ1v) is 10.5. The summed E-state index contributed by atoms with van der Waals surface area (Å²) in [6.45, 7) is 6.12. The van der Waals surface area contributed by atoms with Crippen LogP contribution in [0.4, 0.5) is 4.39 Å². The molecule has 0 unspecified atom stereocenters. The molecular formula is C24H24FNO5. The van der Waals surface area contributed by atoms with Gasteiger partial charge >= 0.3 is 11.9 Å². The molecule has 3 heterocycles. The summed E-state index contributed by atoms with van der Waals surface area (Å²) in [4.78, 5) is 27.6. The van der Waals surface area contributed by atoms with Crippen molar-refractivity contribution in [3.05, 3.63) is 59.6 Å². The molecule has 2 aromatic rings. The summed E-state index contributed by atoms with van der Waals surface area (Å²) >= 11 is 0. The zero-order valence-electron chi connectivity index (χ0n) is 17.3. The number of hydrogen-bond acceptors (Lipinski definition) is 5. The van der Waals surface area contributed by atoms with E-state index in [-0.39, 0.29) is 47.8 Å². The fourth-order valence-electron chi connectivity index (χ4n) is 4.70. The Bertz CT molecular complexity index is 1120. The average molecular weight is 425 g/mol. The van der Waals surface area contributed by atoms with Crippen LogP contribution in [-0.4, -0.2) is 41.3 Å². The second kappa shape index (κ2) is 7.34. The second-order valence-electron chi connectivity index (χ2n) is 8.78. The molecule has 4 atom stereocenters. The van der Waals surface area contributed by atoms with E-state index in [0.717, 1.165) is 18.4 Å². The molecule has 0 amide bonds. The summed E-state index contributed by atoms with van der Waals surface area (Å²) in [7, 11) is 0. The number of carbonyl (C=O) groups excluding carboxylic acids is 2. The first-order valence-electron chi connectivity index (χ1n) is 10.5. The Balaban J connectivity index is 1.28. The minimum absolute atomic E-state index is 0.0830. The first kappa shape index (κ1) is 20.0. The number of fused-ring (bicyclic) bond motifs is 4. The number of benzene rings is 1. The van der Waals surface area contributed by atoms with Crippen molar-refractivity contribution in [2.45, 2.75) is 50.4 Å². The maximum absolute atomic E-state index is 13.4. The Kier molecular flexibility index (Phi) is 4.73. The summed E-state index contributed by atoms with van der Waals surface area (Å²) < 4.78 is 30.4. The maximum Gasteiger partial charge on any atom is 0.355 e. The van der Waals surface area contributed by atoms with Gasteiger partial charge < -0.3 is 19.2 Å². The molecule has 1 N–H and O–H groups in total. The van der Waals surface area contributed by atoms with Crippen molar-refractivity contribution in [2.75, 3.05) is 6.61 Å². The van der Waals surface area contributed by atoms with Gasteiger partial charge in [0.25, 0.3) is 0 Å². The predicted molar refractivity (Wildman–Crippen MR) is 111 cm³/mol. The summed E-state index contributed by atoms with van der Waals surface area (Å²) in [5.41, 5.74) is 2.14. The second-order valence-corrected chi connectivity index (χ2v) is 8.78. The van der Waals surface area contributed by atoms with Gasteiger partial charge in [-0.25, -0.2) is 14.0 Å². The lowest BCUT2D eigenvalue weighted by molar-refractivity contribution is -0.140. The van der Waals surface area contributed by atoms with Gasteiger partial charge in [-0.05, 0) is 62.4 Å². The van der Waals surface area contributed by atoms with Gasteiger partial charge in [0.1, 0.15) is 30.3 Å². The minimum atomic E-state index is -0.492. The number of aromatic amines is 1.